The van der Waals surface area contributed by atoms with Gasteiger partial charge in [0.25, 0.3) is 11.6 Å². The van der Waals surface area contributed by atoms with Crippen LogP contribution in [0.3, 0.4) is 0 Å². The van der Waals surface area contributed by atoms with Crippen molar-refractivity contribution in [1.82, 2.24) is 5.32 Å². The summed E-state index contributed by atoms with van der Waals surface area (Å²) in [4.78, 5) is 37.6. The molecule has 1 atom stereocenters. The molecule has 2 fully saturated rings. The van der Waals surface area contributed by atoms with Gasteiger partial charge in [0, 0.05) is 25.7 Å². The molecule has 2 aliphatic rings. The Bertz CT molecular complexity index is 772. The van der Waals surface area contributed by atoms with E-state index in [-0.39, 0.29) is 17.2 Å². The number of esters is 1. The Labute approximate surface area is 175 Å². The molecule has 3 rings (SSSR count). The molecule has 9 nitrogen and oxygen atoms in total. The summed E-state index contributed by atoms with van der Waals surface area (Å²) in [5.41, 5.74) is 0.324. The third-order valence-electron chi connectivity index (χ3n) is 5.70. The number of nitro groups is 1. The Morgan fingerprint density at radius 3 is 2.63 bits per heavy atom. The van der Waals surface area contributed by atoms with E-state index in [9.17, 15) is 19.7 Å². The topological polar surface area (TPSA) is 111 Å². The molecule has 1 aliphatic carbocycles. The number of ether oxygens (including phenoxy) is 2. The first kappa shape index (κ1) is 22.0. The number of hydrogen-bond donors (Lipinski definition) is 1. The van der Waals surface area contributed by atoms with Crippen LogP contribution in [0.2, 0.25) is 0 Å². The van der Waals surface area contributed by atoms with E-state index in [0.29, 0.717) is 44.5 Å². The van der Waals surface area contributed by atoms with Gasteiger partial charge >= 0.3 is 5.97 Å². The predicted molar refractivity (Wildman–Crippen MR) is 111 cm³/mol. The molecule has 0 bridgehead atoms. The van der Waals surface area contributed by atoms with Gasteiger partial charge in [-0.05, 0) is 37.8 Å². The van der Waals surface area contributed by atoms with Crippen LogP contribution in [-0.2, 0) is 14.3 Å². The lowest BCUT2D eigenvalue weighted by Gasteiger charge is -2.28. The molecule has 30 heavy (non-hydrogen) atoms. The van der Waals surface area contributed by atoms with Gasteiger partial charge in [-0.15, -0.1) is 0 Å². The Hall–Kier alpha value is -2.68. The number of nitrogens with zero attached hydrogens (tertiary/aromatic N) is 2. The summed E-state index contributed by atoms with van der Waals surface area (Å²) in [6.07, 6.45) is 4.85. The number of nitrogens with one attached hydrogen (secondary N) is 1. The monoisotopic (exact) mass is 419 g/mol. The van der Waals surface area contributed by atoms with E-state index >= 15 is 0 Å². The number of carbonyl (C=O) groups is 2. The van der Waals surface area contributed by atoms with Gasteiger partial charge in [-0.1, -0.05) is 19.3 Å². The highest BCUT2D eigenvalue weighted by molar-refractivity contribution is 5.93. The summed E-state index contributed by atoms with van der Waals surface area (Å²) >= 11 is 0. The summed E-state index contributed by atoms with van der Waals surface area (Å²) in [6.45, 7) is 4.17. The van der Waals surface area contributed by atoms with E-state index in [4.69, 9.17) is 9.47 Å². The normalized spacial score (nSPS) is 18.5. The van der Waals surface area contributed by atoms with Crippen LogP contribution < -0.4 is 10.2 Å². The molecular weight excluding hydrogens is 390 g/mol. The van der Waals surface area contributed by atoms with Crippen LogP contribution in [0.4, 0.5) is 11.4 Å². The van der Waals surface area contributed by atoms with Crippen LogP contribution in [0.25, 0.3) is 0 Å². The molecule has 1 saturated carbocycles. The number of morpholine rings is 1. The minimum Gasteiger partial charge on any atom is -0.449 e. The fraction of sp³-hybridized carbons (Fsp3) is 0.619. The SMILES string of the molecule is C[C@H](OC(=O)c1ccc(N2CCOCC2)c([N+](=O)[O-])c1)C(=O)NCC1CCCCC1. The number of anilines is 1. The number of nitro benzene ring substituents is 1. The lowest BCUT2D eigenvalue weighted by molar-refractivity contribution is -0.384. The average molecular weight is 419 g/mol. The average Bonchev–Trinajstić information content (AvgIpc) is 2.78. The van der Waals surface area contributed by atoms with Crippen LogP contribution in [0, 0.1) is 16.0 Å². The predicted octanol–water partition coefficient (Wildman–Crippen LogP) is 2.67. The van der Waals surface area contributed by atoms with Crippen LogP contribution >= 0.6 is 0 Å². The first-order valence-electron chi connectivity index (χ1n) is 10.6. The molecule has 0 spiro atoms. The van der Waals surface area contributed by atoms with Gasteiger partial charge in [0.2, 0.25) is 0 Å². The van der Waals surface area contributed by atoms with E-state index in [1.807, 2.05) is 4.90 Å². The minimum absolute atomic E-state index is 0.0469. The summed E-state index contributed by atoms with van der Waals surface area (Å²) in [6, 6.07) is 4.25. The third kappa shape index (κ3) is 5.69. The molecule has 1 heterocycles. The lowest BCUT2D eigenvalue weighted by atomic mass is 9.89. The van der Waals surface area contributed by atoms with Crippen LogP contribution in [0.5, 0.6) is 0 Å². The van der Waals surface area contributed by atoms with Crippen molar-refractivity contribution in [2.75, 3.05) is 37.7 Å². The number of amides is 1. The van der Waals surface area contributed by atoms with Crippen molar-refractivity contribution >= 4 is 23.3 Å². The Morgan fingerprint density at radius 2 is 1.97 bits per heavy atom. The molecule has 0 radical (unpaired) electrons. The fourth-order valence-electron chi connectivity index (χ4n) is 3.93. The number of rotatable bonds is 7. The van der Waals surface area contributed by atoms with E-state index in [2.05, 4.69) is 5.32 Å². The maximum absolute atomic E-state index is 12.5. The molecule has 1 aliphatic heterocycles. The van der Waals surface area contributed by atoms with Crippen molar-refractivity contribution in [1.29, 1.82) is 0 Å². The highest BCUT2D eigenvalue weighted by Crippen LogP contribution is 2.30. The fourth-order valence-corrected chi connectivity index (χ4v) is 3.93. The highest BCUT2D eigenvalue weighted by Gasteiger charge is 2.26. The summed E-state index contributed by atoms with van der Waals surface area (Å²) in [5.74, 6) is -0.638. The van der Waals surface area contributed by atoms with Crippen LogP contribution in [0.15, 0.2) is 18.2 Å². The van der Waals surface area contributed by atoms with Crippen molar-refractivity contribution in [2.45, 2.75) is 45.1 Å². The molecule has 164 valence electrons. The molecule has 1 aromatic rings. The molecule has 0 unspecified atom stereocenters. The van der Waals surface area contributed by atoms with Crippen molar-refractivity contribution in [3.8, 4) is 0 Å². The quantitative estimate of drug-likeness (QED) is 0.411. The zero-order valence-corrected chi connectivity index (χ0v) is 17.3. The van der Waals surface area contributed by atoms with Crippen molar-refractivity contribution in [3.05, 3.63) is 33.9 Å². The van der Waals surface area contributed by atoms with Gasteiger partial charge in [-0.3, -0.25) is 14.9 Å². The largest absolute Gasteiger partial charge is 0.449 e. The Kier molecular flexibility index (Phi) is 7.62. The van der Waals surface area contributed by atoms with E-state index < -0.39 is 17.0 Å². The minimum atomic E-state index is -0.973. The van der Waals surface area contributed by atoms with Crippen molar-refractivity contribution in [3.63, 3.8) is 0 Å². The van der Waals surface area contributed by atoms with E-state index in [1.165, 1.54) is 38.3 Å². The van der Waals surface area contributed by atoms with E-state index in [0.717, 1.165) is 12.8 Å². The molecule has 1 amide bonds. The first-order valence-corrected chi connectivity index (χ1v) is 10.6. The smallest absolute Gasteiger partial charge is 0.339 e. The molecule has 0 aromatic heterocycles. The summed E-state index contributed by atoms with van der Waals surface area (Å²) in [7, 11) is 0. The molecule has 9 heteroatoms. The van der Waals surface area contributed by atoms with Gasteiger partial charge in [-0.2, -0.15) is 0 Å². The Balaban J connectivity index is 1.60. The van der Waals surface area contributed by atoms with Crippen molar-refractivity contribution < 1.29 is 24.0 Å². The number of benzene rings is 1. The van der Waals surface area contributed by atoms with E-state index in [1.54, 1.807) is 6.07 Å². The van der Waals surface area contributed by atoms with Gasteiger partial charge in [0.15, 0.2) is 6.10 Å². The number of carbonyl (C=O) groups excluding carboxylic acids is 2. The molecule has 1 N–H and O–H groups in total. The van der Waals surface area contributed by atoms with Crippen LogP contribution in [0.1, 0.15) is 49.4 Å². The molecular formula is C21H29N3O6. The van der Waals surface area contributed by atoms with Gasteiger partial charge in [0.1, 0.15) is 5.69 Å². The second-order valence-corrected chi connectivity index (χ2v) is 7.86. The standard InChI is InChI=1S/C21H29N3O6/c1-15(20(25)22-14-16-5-3-2-4-6-16)30-21(26)17-7-8-18(19(13-17)24(27)28)23-9-11-29-12-10-23/h7-8,13,15-16H,2-6,9-12,14H2,1H3,(H,22,25)/t15-/m0/s1. The van der Waals surface area contributed by atoms with Crippen molar-refractivity contribution in [2.24, 2.45) is 5.92 Å². The zero-order valence-electron chi connectivity index (χ0n) is 17.3. The maximum Gasteiger partial charge on any atom is 0.339 e. The Morgan fingerprint density at radius 1 is 1.27 bits per heavy atom. The summed E-state index contributed by atoms with van der Waals surface area (Å²) in [5, 5.41) is 14.4. The lowest BCUT2D eigenvalue weighted by Crippen LogP contribution is -2.38. The first-order chi connectivity index (χ1) is 14.5. The van der Waals surface area contributed by atoms with Gasteiger partial charge in [-0.25, -0.2) is 4.79 Å². The zero-order chi connectivity index (χ0) is 21.5. The molecule has 1 aromatic carbocycles. The maximum atomic E-state index is 12.5. The third-order valence-corrected chi connectivity index (χ3v) is 5.70. The van der Waals surface area contributed by atoms with Crippen LogP contribution in [-0.4, -0.2) is 55.8 Å². The highest BCUT2D eigenvalue weighted by atomic mass is 16.6. The van der Waals surface area contributed by atoms with Gasteiger partial charge in [0.05, 0.1) is 23.7 Å². The second kappa shape index (κ2) is 10.4. The van der Waals surface area contributed by atoms with Gasteiger partial charge < -0.3 is 19.7 Å². The summed E-state index contributed by atoms with van der Waals surface area (Å²) < 4.78 is 10.5. The molecule has 1 saturated heterocycles. The second-order valence-electron chi connectivity index (χ2n) is 7.86. The number of hydrogen-bond acceptors (Lipinski definition) is 7.